The maximum atomic E-state index is 8.56. The molecule has 0 spiro atoms. The lowest BCUT2D eigenvalue weighted by Gasteiger charge is -2.06. The summed E-state index contributed by atoms with van der Waals surface area (Å²) in [6, 6.07) is 4.15. The number of aliphatic hydroxyl groups is 1. The van der Waals surface area contributed by atoms with Gasteiger partial charge in [0.1, 0.15) is 0 Å². The smallest absolute Gasteiger partial charge is 0.0431 e. The van der Waals surface area contributed by atoms with Gasteiger partial charge in [0.25, 0.3) is 0 Å². The van der Waals surface area contributed by atoms with E-state index in [1.165, 1.54) is 4.88 Å². The van der Waals surface area contributed by atoms with Crippen LogP contribution < -0.4 is 5.73 Å². The van der Waals surface area contributed by atoms with Crippen LogP contribution in [0.5, 0.6) is 0 Å². The van der Waals surface area contributed by atoms with Crippen LogP contribution in [0.4, 0.5) is 0 Å². The Morgan fingerprint density at radius 1 is 1.64 bits per heavy atom. The van der Waals surface area contributed by atoms with Crippen LogP contribution in [0.3, 0.4) is 0 Å². The summed E-state index contributed by atoms with van der Waals surface area (Å²) >= 11 is 1.67. The van der Waals surface area contributed by atoms with Crippen molar-refractivity contribution in [1.29, 1.82) is 0 Å². The van der Waals surface area contributed by atoms with E-state index >= 15 is 0 Å². The molecule has 0 radical (unpaired) electrons. The van der Waals surface area contributed by atoms with E-state index in [0.29, 0.717) is 0 Å². The third-order valence-electron chi connectivity index (χ3n) is 1.58. The number of rotatable bonds is 4. The van der Waals surface area contributed by atoms with E-state index in [-0.39, 0.29) is 12.6 Å². The van der Waals surface area contributed by atoms with Gasteiger partial charge in [0.15, 0.2) is 0 Å². The fourth-order valence-electron chi connectivity index (χ4n) is 0.956. The molecule has 0 aliphatic rings. The van der Waals surface area contributed by atoms with Crippen LogP contribution >= 0.6 is 11.3 Å². The van der Waals surface area contributed by atoms with Crippen LogP contribution in [0.15, 0.2) is 17.5 Å². The molecule has 3 heteroatoms. The molecular formula is C8H13NOS. The van der Waals surface area contributed by atoms with Crippen molar-refractivity contribution in [1.82, 2.24) is 0 Å². The van der Waals surface area contributed by atoms with Crippen LogP contribution in [-0.2, 0) is 0 Å². The van der Waals surface area contributed by atoms with Crippen molar-refractivity contribution in [2.75, 3.05) is 6.61 Å². The minimum Gasteiger partial charge on any atom is -0.396 e. The Bertz CT molecular complexity index is 186. The highest BCUT2D eigenvalue weighted by atomic mass is 32.1. The number of aliphatic hydroxyl groups excluding tert-OH is 1. The van der Waals surface area contributed by atoms with Gasteiger partial charge < -0.3 is 10.8 Å². The molecule has 0 bridgehead atoms. The molecule has 1 rings (SSSR count). The molecule has 0 saturated heterocycles. The Morgan fingerprint density at radius 3 is 3.00 bits per heavy atom. The van der Waals surface area contributed by atoms with Gasteiger partial charge in [-0.25, -0.2) is 0 Å². The number of nitrogens with two attached hydrogens (primary N) is 1. The van der Waals surface area contributed by atoms with Crippen molar-refractivity contribution >= 4 is 11.3 Å². The molecule has 62 valence electrons. The molecule has 1 atom stereocenters. The highest BCUT2D eigenvalue weighted by Crippen LogP contribution is 2.20. The number of thiophene rings is 1. The van der Waals surface area contributed by atoms with E-state index < -0.39 is 0 Å². The van der Waals surface area contributed by atoms with Gasteiger partial charge >= 0.3 is 0 Å². The normalized spacial score (nSPS) is 13.3. The van der Waals surface area contributed by atoms with Gasteiger partial charge in [0.2, 0.25) is 0 Å². The van der Waals surface area contributed by atoms with Crippen molar-refractivity contribution in [3.8, 4) is 0 Å². The second kappa shape index (κ2) is 4.49. The average Bonchev–Trinajstić information content (AvgIpc) is 2.52. The first-order chi connectivity index (χ1) is 5.34. The van der Waals surface area contributed by atoms with E-state index in [9.17, 15) is 0 Å². The lowest BCUT2D eigenvalue weighted by molar-refractivity contribution is 0.280. The minimum atomic E-state index is 0.113. The summed E-state index contributed by atoms with van der Waals surface area (Å²) in [5.74, 6) is 0. The third kappa shape index (κ3) is 2.61. The van der Waals surface area contributed by atoms with Gasteiger partial charge in [-0.2, -0.15) is 0 Å². The maximum Gasteiger partial charge on any atom is 0.0431 e. The van der Waals surface area contributed by atoms with Crippen molar-refractivity contribution in [2.45, 2.75) is 18.9 Å². The largest absolute Gasteiger partial charge is 0.396 e. The summed E-state index contributed by atoms with van der Waals surface area (Å²) in [5.41, 5.74) is 5.82. The second-order valence-corrected chi connectivity index (χ2v) is 3.47. The standard InChI is InChI=1S/C8H13NOS/c9-7(3-1-5-10)8-4-2-6-11-8/h2,4,6-7,10H,1,3,5,9H2/t7-/m1/s1. The molecule has 1 aromatic rings. The Morgan fingerprint density at radius 2 is 2.45 bits per heavy atom. The molecule has 0 unspecified atom stereocenters. The average molecular weight is 171 g/mol. The van der Waals surface area contributed by atoms with Crippen molar-refractivity contribution < 1.29 is 5.11 Å². The van der Waals surface area contributed by atoms with E-state index in [1.54, 1.807) is 11.3 Å². The molecule has 2 nitrogen and oxygen atoms in total. The molecule has 3 N–H and O–H groups in total. The van der Waals surface area contributed by atoms with Crippen molar-refractivity contribution in [3.63, 3.8) is 0 Å². The summed E-state index contributed by atoms with van der Waals surface area (Å²) < 4.78 is 0. The molecule has 1 aromatic heterocycles. The third-order valence-corrected chi connectivity index (χ3v) is 2.59. The van der Waals surface area contributed by atoms with Crippen LogP contribution in [0, 0.1) is 0 Å². The molecule has 0 aliphatic heterocycles. The Kier molecular flexibility index (Phi) is 3.56. The monoisotopic (exact) mass is 171 g/mol. The minimum absolute atomic E-state index is 0.113. The van der Waals surface area contributed by atoms with Gasteiger partial charge in [0, 0.05) is 17.5 Å². The number of hydrogen-bond acceptors (Lipinski definition) is 3. The predicted molar refractivity (Wildman–Crippen MR) is 47.6 cm³/mol. The molecule has 0 aromatic carbocycles. The van der Waals surface area contributed by atoms with E-state index in [4.69, 9.17) is 10.8 Å². The first kappa shape index (κ1) is 8.71. The van der Waals surface area contributed by atoms with Crippen LogP contribution in [0.25, 0.3) is 0 Å². The quantitative estimate of drug-likeness (QED) is 0.721. The zero-order valence-electron chi connectivity index (χ0n) is 6.36. The lowest BCUT2D eigenvalue weighted by Crippen LogP contribution is -2.08. The van der Waals surface area contributed by atoms with Gasteiger partial charge in [-0.3, -0.25) is 0 Å². The summed E-state index contributed by atoms with van der Waals surface area (Å²) in [6.45, 7) is 0.235. The highest BCUT2D eigenvalue weighted by Gasteiger charge is 2.04. The first-order valence-electron chi connectivity index (χ1n) is 3.74. The van der Waals surface area contributed by atoms with E-state index in [0.717, 1.165) is 12.8 Å². The van der Waals surface area contributed by atoms with Crippen LogP contribution in [-0.4, -0.2) is 11.7 Å². The Balaban J connectivity index is 2.36. The fourth-order valence-corrected chi connectivity index (χ4v) is 1.72. The Hall–Kier alpha value is -0.380. The zero-order chi connectivity index (χ0) is 8.10. The zero-order valence-corrected chi connectivity index (χ0v) is 7.18. The number of hydrogen-bond donors (Lipinski definition) is 2. The summed E-state index contributed by atoms with van der Waals surface area (Å²) in [4.78, 5) is 1.21. The first-order valence-corrected chi connectivity index (χ1v) is 4.62. The van der Waals surface area contributed by atoms with Gasteiger partial charge in [-0.05, 0) is 24.3 Å². The molecule has 11 heavy (non-hydrogen) atoms. The van der Waals surface area contributed by atoms with E-state index in [1.807, 2.05) is 17.5 Å². The second-order valence-electron chi connectivity index (χ2n) is 2.49. The van der Waals surface area contributed by atoms with Crippen molar-refractivity contribution in [2.24, 2.45) is 5.73 Å². The molecule has 0 saturated carbocycles. The summed E-state index contributed by atoms with van der Waals surface area (Å²) in [5, 5.41) is 10.6. The van der Waals surface area contributed by atoms with Gasteiger partial charge in [-0.1, -0.05) is 6.07 Å². The Labute approximate surface area is 70.7 Å². The topological polar surface area (TPSA) is 46.2 Å². The molecule has 0 fully saturated rings. The molecule has 0 amide bonds. The van der Waals surface area contributed by atoms with Crippen LogP contribution in [0.1, 0.15) is 23.8 Å². The SMILES string of the molecule is N[C@H](CCCO)c1cccs1. The predicted octanol–water partition coefficient (Wildman–Crippen LogP) is 1.52. The molecule has 1 heterocycles. The highest BCUT2D eigenvalue weighted by molar-refractivity contribution is 7.10. The van der Waals surface area contributed by atoms with Gasteiger partial charge in [-0.15, -0.1) is 11.3 Å². The lowest BCUT2D eigenvalue weighted by atomic mass is 10.1. The van der Waals surface area contributed by atoms with E-state index in [2.05, 4.69) is 0 Å². The summed E-state index contributed by atoms with van der Waals surface area (Å²) in [6.07, 6.45) is 1.66. The molecule has 0 aliphatic carbocycles. The van der Waals surface area contributed by atoms with Crippen LogP contribution in [0.2, 0.25) is 0 Å². The van der Waals surface area contributed by atoms with Gasteiger partial charge in [0.05, 0.1) is 0 Å². The fraction of sp³-hybridized carbons (Fsp3) is 0.500. The molecular weight excluding hydrogens is 158 g/mol. The maximum absolute atomic E-state index is 8.56. The van der Waals surface area contributed by atoms with Crippen molar-refractivity contribution in [3.05, 3.63) is 22.4 Å². The summed E-state index contributed by atoms with van der Waals surface area (Å²) in [7, 11) is 0.